The lowest BCUT2D eigenvalue weighted by Gasteiger charge is -2.18. The van der Waals surface area contributed by atoms with Gasteiger partial charge >= 0.3 is 0 Å². The Hall–Kier alpha value is -3.38. The first-order chi connectivity index (χ1) is 14.3. The number of carbonyl (C=O) groups excluding carboxylic acids is 2. The molecule has 0 atom stereocenters. The molecule has 2 N–H and O–H groups in total. The van der Waals surface area contributed by atoms with Gasteiger partial charge in [-0.25, -0.2) is 4.39 Å². The van der Waals surface area contributed by atoms with Crippen LogP contribution in [0.25, 0.3) is 0 Å². The minimum atomic E-state index is -0.330. The summed E-state index contributed by atoms with van der Waals surface area (Å²) in [6.45, 7) is 0.257. The van der Waals surface area contributed by atoms with Gasteiger partial charge in [0.2, 0.25) is 0 Å². The summed E-state index contributed by atoms with van der Waals surface area (Å²) in [4.78, 5) is 27.1. The van der Waals surface area contributed by atoms with E-state index < -0.39 is 0 Å². The van der Waals surface area contributed by atoms with E-state index >= 15 is 0 Å². The van der Waals surface area contributed by atoms with Crippen molar-refractivity contribution in [1.29, 1.82) is 0 Å². The molecule has 0 heterocycles. The second-order valence-corrected chi connectivity index (χ2v) is 7.33. The predicted octanol–water partition coefficient (Wildman–Crippen LogP) is 4.73. The molecule has 0 aliphatic rings. The molecule has 0 saturated carbocycles. The quantitative estimate of drug-likeness (QED) is 0.600. The van der Waals surface area contributed by atoms with Crippen LogP contribution >= 0.6 is 11.6 Å². The number of nitrogens with zero attached hydrogens (tertiary/aromatic N) is 1. The number of amides is 2. The third-order valence-corrected chi connectivity index (χ3v) is 4.71. The van der Waals surface area contributed by atoms with Crippen LogP contribution in [0.15, 0.2) is 66.7 Å². The van der Waals surface area contributed by atoms with Crippen molar-refractivity contribution in [3.05, 3.63) is 94.3 Å². The van der Waals surface area contributed by atoms with E-state index in [1.807, 2.05) is 19.0 Å². The normalized spacial score (nSPS) is 10.4. The molecule has 30 heavy (non-hydrogen) atoms. The third kappa shape index (κ3) is 5.36. The summed E-state index contributed by atoms with van der Waals surface area (Å²) in [6.07, 6.45) is 0. The van der Waals surface area contributed by atoms with Gasteiger partial charge in [-0.15, -0.1) is 0 Å². The zero-order valence-electron chi connectivity index (χ0n) is 16.6. The Morgan fingerprint density at radius 3 is 2.23 bits per heavy atom. The minimum Gasteiger partial charge on any atom is -0.377 e. The highest BCUT2D eigenvalue weighted by Crippen LogP contribution is 2.24. The summed E-state index contributed by atoms with van der Waals surface area (Å²) in [6, 6.07) is 17.6. The smallest absolute Gasteiger partial charge is 0.255 e. The molecule has 3 rings (SSSR count). The van der Waals surface area contributed by atoms with Crippen molar-refractivity contribution in [3.63, 3.8) is 0 Å². The average Bonchev–Trinajstić information content (AvgIpc) is 2.73. The summed E-state index contributed by atoms with van der Waals surface area (Å²) in [5.74, 6) is -0.934. The Balaban J connectivity index is 1.77. The fourth-order valence-corrected chi connectivity index (χ4v) is 3.00. The van der Waals surface area contributed by atoms with Crippen LogP contribution in [0.5, 0.6) is 0 Å². The number of halogens is 2. The standard InChI is InChI=1S/C23H21ClFN3O2/c1-28(2)21-12-11-19(27-22(29)16-5-7-17(24)8-6-16)13-20(21)23(30)26-14-15-3-9-18(25)10-4-15/h3-13H,14H2,1-2H3,(H,26,30)(H,27,29). The van der Waals surface area contributed by atoms with E-state index in [9.17, 15) is 14.0 Å². The molecule has 0 radical (unpaired) electrons. The fourth-order valence-electron chi connectivity index (χ4n) is 2.87. The number of hydrogen-bond acceptors (Lipinski definition) is 3. The Kier molecular flexibility index (Phi) is 6.69. The van der Waals surface area contributed by atoms with Crippen LogP contribution in [0, 0.1) is 5.82 Å². The summed E-state index contributed by atoms with van der Waals surface area (Å²) in [7, 11) is 3.66. The molecule has 0 aromatic heterocycles. The largest absolute Gasteiger partial charge is 0.377 e. The van der Waals surface area contributed by atoms with E-state index in [-0.39, 0.29) is 24.2 Å². The molecule has 5 nitrogen and oxygen atoms in total. The highest BCUT2D eigenvalue weighted by Gasteiger charge is 2.15. The maximum Gasteiger partial charge on any atom is 0.255 e. The van der Waals surface area contributed by atoms with Gasteiger partial charge in [0.15, 0.2) is 0 Å². The molecular weight excluding hydrogens is 405 g/mol. The summed E-state index contributed by atoms with van der Waals surface area (Å²) in [5, 5.41) is 6.17. The minimum absolute atomic E-state index is 0.257. The maximum absolute atomic E-state index is 13.0. The van der Waals surface area contributed by atoms with Crippen LogP contribution in [0.4, 0.5) is 15.8 Å². The van der Waals surface area contributed by atoms with Gasteiger partial charge in [0.25, 0.3) is 11.8 Å². The second kappa shape index (κ2) is 9.41. The van der Waals surface area contributed by atoms with E-state index in [1.54, 1.807) is 54.6 Å². The van der Waals surface area contributed by atoms with Gasteiger partial charge in [-0.2, -0.15) is 0 Å². The van der Waals surface area contributed by atoms with Crippen molar-refractivity contribution in [2.24, 2.45) is 0 Å². The molecule has 0 fully saturated rings. The highest BCUT2D eigenvalue weighted by molar-refractivity contribution is 6.30. The number of benzene rings is 3. The first-order valence-electron chi connectivity index (χ1n) is 9.24. The first kappa shape index (κ1) is 21.3. The number of carbonyl (C=O) groups is 2. The number of rotatable bonds is 6. The maximum atomic E-state index is 13.0. The Morgan fingerprint density at radius 1 is 0.933 bits per heavy atom. The number of anilines is 2. The average molecular weight is 426 g/mol. The lowest BCUT2D eigenvalue weighted by Crippen LogP contribution is -2.25. The zero-order valence-corrected chi connectivity index (χ0v) is 17.3. The second-order valence-electron chi connectivity index (χ2n) is 6.90. The number of nitrogens with one attached hydrogen (secondary N) is 2. The van der Waals surface area contributed by atoms with Crippen molar-refractivity contribution in [2.45, 2.75) is 6.54 Å². The van der Waals surface area contributed by atoms with Gasteiger partial charge in [0.05, 0.1) is 5.56 Å². The van der Waals surface area contributed by atoms with Gasteiger partial charge < -0.3 is 15.5 Å². The van der Waals surface area contributed by atoms with E-state index in [2.05, 4.69) is 10.6 Å². The van der Waals surface area contributed by atoms with Gasteiger partial charge in [0.1, 0.15) is 5.82 Å². The molecular formula is C23H21ClFN3O2. The Morgan fingerprint density at radius 2 is 1.60 bits per heavy atom. The van der Waals surface area contributed by atoms with Crippen LogP contribution in [0.3, 0.4) is 0 Å². The van der Waals surface area contributed by atoms with E-state index in [1.165, 1.54) is 12.1 Å². The van der Waals surface area contributed by atoms with Crippen LogP contribution in [0.1, 0.15) is 26.3 Å². The molecule has 2 amide bonds. The van der Waals surface area contributed by atoms with Crippen molar-refractivity contribution in [2.75, 3.05) is 24.3 Å². The van der Waals surface area contributed by atoms with Gasteiger partial charge in [-0.05, 0) is 60.2 Å². The van der Waals surface area contributed by atoms with Gasteiger partial charge in [0, 0.05) is 42.6 Å². The van der Waals surface area contributed by atoms with E-state index in [4.69, 9.17) is 11.6 Å². The van der Waals surface area contributed by atoms with Gasteiger partial charge in [-0.3, -0.25) is 9.59 Å². The van der Waals surface area contributed by atoms with Gasteiger partial charge in [-0.1, -0.05) is 23.7 Å². The molecule has 0 unspecified atom stereocenters. The summed E-state index contributed by atoms with van der Waals surface area (Å²) >= 11 is 5.86. The van der Waals surface area contributed by atoms with Crippen LogP contribution in [-0.2, 0) is 6.54 Å². The monoisotopic (exact) mass is 425 g/mol. The molecule has 3 aromatic carbocycles. The predicted molar refractivity (Wildman–Crippen MR) is 118 cm³/mol. The van der Waals surface area contributed by atoms with Crippen LogP contribution < -0.4 is 15.5 Å². The topological polar surface area (TPSA) is 61.4 Å². The van der Waals surface area contributed by atoms with E-state index in [0.717, 1.165) is 5.56 Å². The van der Waals surface area contributed by atoms with Crippen LogP contribution in [0.2, 0.25) is 5.02 Å². The molecule has 0 aliphatic carbocycles. The van der Waals surface area contributed by atoms with E-state index in [0.29, 0.717) is 27.5 Å². The van der Waals surface area contributed by atoms with Crippen LogP contribution in [-0.4, -0.2) is 25.9 Å². The molecule has 0 saturated heterocycles. The Bertz CT molecular complexity index is 1050. The summed E-state index contributed by atoms with van der Waals surface area (Å²) < 4.78 is 13.0. The Labute approximate surface area is 179 Å². The molecule has 0 bridgehead atoms. The highest BCUT2D eigenvalue weighted by atomic mass is 35.5. The fraction of sp³-hybridized carbons (Fsp3) is 0.130. The lowest BCUT2D eigenvalue weighted by molar-refractivity contribution is 0.0950. The van der Waals surface area contributed by atoms with Crippen molar-refractivity contribution < 1.29 is 14.0 Å². The van der Waals surface area contributed by atoms with Crippen molar-refractivity contribution >= 4 is 34.8 Å². The summed E-state index contributed by atoms with van der Waals surface area (Å²) in [5.41, 5.74) is 2.85. The van der Waals surface area contributed by atoms with Crippen molar-refractivity contribution in [1.82, 2.24) is 5.32 Å². The van der Waals surface area contributed by atoms with Crippen molar-refractivity contribution in [3.8, 4) is 0 Å². The molecule has 3 aromatic rings. The number of hydrogen-bond donors (Lipinski definition) is 2. The SMILES string of the molecule is CN(C)c1ccc(NC(=O)c2ccc(Cl)cc2)cc1C(=O)NCc1ccc(F)cc1. The molecule has 0 spiro atoms. The molecule has 154 valence electrons. The first-order valence-corrected chi connectivity index (χ1v) is 9.62. The zero-order chi connectivity index (χ0) is 21.7. The molecule has 0 aliphatic heterocycles. The third-order valence-electron chi connectivity index (χ3n) is 4.45. The molecule has 7 heteroatoms. The lowest BCUT2D eigenvalue weighted by atomic mass is 10.1.